The second-order valence-electron chi connectivity index (χ2n) is 6.28. The standard InChI is InChI=1S/C18H23N3O2.ClH/c1-12(21-17(22)10-14-8-5-9-15(14)19)18-20-11-16(23-18)13-6-3-2-4-7-13;/h2-4,6-7,11-12,14-15H,5,8-10,19H2,1H3,(H,21,22);1H/t12?,14-,15+;/m0./s1. The molecule has 6 heteroatoms. The Bertz CT molecular complexity index is 659. The van der Waals surface area contributed by atoms with Gasteiger partial charge in [0.25, 0.3) is 0 Å². The van der Waals surface area contributed by atoms with Crippen LogP contribution in [-0.2, 0) is 4.79 Å². The van der Waals surface area contributed by atoms with E-state index in [1.807, 2.05) is 37.3 Å². The maximum absolute atomic E-state index is 12.2. The predicted octanol–water partition coefficient (Wildman–Crippen LogP) is 3.46. The Morgan fingerprint density at radius 2 is 2.12 bits per heavy atom. The highest BCUT2D eigenvalue weighted by Crippen LogP contribution is 2.27. The first-order valence-corrected chi connectivity index (χ1v) is 8.19. The molecule has 1 aliphatic rings. The van der Waals surface area contributed by atoms with Crippen molar-refractivity contribution in [2.24, 2.45) is 11.7 Å². The lowest BCUT2D eigenvalue weighted by Gasteiger charge is -2.16. The van der Waals surface area contributed by atoms with Gasteiger partial charge in [0.05, 0.1) is 6.20 Å². The molecule has 1 aliphatic carbocycles. The largest absolute Gasteiger partial charge is 0.438 e. The number of amides is 1. The van der Waals surface area contributed by atoms with Crippen LogP contribution in [-0.4, -0.2) is 16.9 Å². The average Bonchev–Trinajstić information content (AvgIpc) is 3.18. The molecule has 1 saturated carbocycles. The Kier molecular flexibility index (Phi) is 6.40. The highest BCUT2D eigenvalue weighted by molar-refractivity contribution is 5.85. The SMILES string of the molecule is CC(NC(=O)C[C@@H]1CCC[C@H]1N)c1ncc(-c2ccccc2)o1.Cl. The van der Waals surface area contributed by atoms with E-state index in [2.05, 4.69) is 10.3 Å². The number of hydrogen-bond donors (Lipinski definition) is 2. The number of aromatic nitrogens is 1. The van der Waals surface area contributed by atoms with Gasteiger partial charge in [-0.15, -0.1) is 12.4 Å². The molecule has 1 unspecified atom stereocenters. The van der Waals surface area contributed by atoms with Gasteiger partial charge in [0.1, 0.15) is 6.04 Å². The maximum Gasteiger partial charge on any atom is 0.220 e. The van der Waals surface area contributed by atoms with Gasteiger partial charge in [0.15, 0.2) is 5.76 Å². The summed E-state index contributed by atoms with van der Waals surface area (Å²) in [5, 5.41) is 2.96. The van der Waals surface area contributed by atoms with Crippen molar-refractivity contribution in [3.63, 3.8) is 0 Å². The third-order valence-electron chi connectivity index (χ3n) is 4.50. The summed E-state index contributed by atoms with van der Waals surface area (Å²) in [5.74, 6) is 1.54. The van der Waals surface area contributed by atoms with Crippen LogP contribution in [0.25, 0.3) is 11.3 Å². The summed E-state index contributed by atoms with van der Waals surface area (Å²) in [6.45, 7) is 1.88. The van der Waals surface area contributed by atoms with Crippen molar-refractivity contribution in [1.29, 1.82) is 0 Å². The number of hydrogen-bond acceptors (Lipinski definition) is 4. The third-order valence-corrected chi connectivity index (χ3v) is 4.50. The Balaban J connectivity index is 0.00000208. The van der Waals surface area contributed by atoms with E-state index in [0.717, 1.165) is 24.8 Å². The van der Waals surface area contributed by atoms with E-state index in [0.29, 0.717) is 24.0 Å². The van der Waals surface area contributed by atoms with Crippen LogP contribution in [0.5, 0.6) is 0 Å². The predicted molar refractivity (Wildman–Crippen MR) is 95.7 cm³/mol. The van der Waals surface area contributed by atoms with Crippen LogP contribution in [0, 0.1) is 5.92 Å². The van der Waals surface area contributed by atoms with E-state index in [1.165, 1.54) is 0 Å². The number of halogens is 1. The van der Waals surface area contributed by atoms with Crippen molar-refractivity contribution in [1.82, 2.24) is 10.3 Å². The van der Waals surface area contributed by atoms with Gasteiger partial charge in [-0.2, -0.15) is 0 Å². The Morgan fingerprint density at radius 1 is 1.38 bits per heavy atom. The zero-order valence-electron chi connectivity index (χ0n) is 13.8. The van der Waals surface area contributed by atoms with Crippen molar-refractivity contribution in [3.05, 3.63) is 42.4 Å². The minimum Gasteiger partial charge on any atom is -0.438 e. The van der Waals surface area contributed by atoms with Crippen LogP contribution in [0.2, 0.25) is 0 Å². The molecule has 0 spiro atoms. The number of carbonyl (C=O) groups is 1. The fraction of sp³-hybridized carbons (Fsp3) is 0.444. The average molecular weight is 350 g/mol. The zero-order chi connectivity index (χ0) is 16.2. The Morgan fingerprint density at radius 3 is 2.79 bits per heavy atom. The third kappa shape index (κ3) is 4.36. The zero-order valence-corrected chi connectivity index (χ0v) is 14.6. The van der Waals surface area contributed by atoms with E-state index in [9.17, 15) is 4.79 Å². The number of carbonyl (C=O) groups excluding carboxylic acids is 1. The smallest absolute Gasteiger partial charge is 0.220 e. The maximum atomic E-state index is 12.2. The van der Waals surface area contributed by atoms with Crippen LogP contribution < -0.4 is 11.1 Å². The molecule has 1 fully saturated rings. The molecule has 3 N–H and O–H groups in total. The first kappa shape index (κ1) is 18.5. The molecule has 0 bridgehead atoms. The van der Waals surface area contributed by atoms with Gasteiger partial charge in [0.2, 0.25) is 11.8 Å². The molecule has 0 aliphatic heterocycles. The molecule has 1 aromatic carbocycles. The first-order valence-electron chi connectivity index (χ1n) is 8.19. The molecule has 3 atom stereocenters. The van der Waals surface area contributed by atoms with Crippen molar-refractivity contribution in [3.8, 4) is 11.3 Å². The lowest BCUT2D eigenvalue weighted by atomic mass is 10.00. The molecular formula is C18H24ClN3O2. The Hall–Kier alpha value is -1.85. The number of oxazole rings is 1. The summed E-state index contributed by atoms with van der Waals surface area (Å²) in [6.07, 6.45) is 5.36. The summed E-state index contributed by atoms with van der Waals surface area (Å²) in [6, 6.07) is 9.70. The quantitative estimate of drug-likeness (QED) is 0.866. The van der Waals surface area contributed by atoms with Gasteiger partial charge < -0.3 is 15.5 Å². The van der Waals surface area contributed by atoms with Crippen molar-refractivity contribution >= 4 is 18.3 Å². The summed E-state index contributed by atoms with van der Waals surface area (Å²) < 4.78 is 5.77. The molecule has 3 rings (SSSR count). The van der Waals surface area contributed by atoms with Gasteiger partial charge >= 0.3 is 0 Å². The van der Waals surface area contributed by atoms with E-state index < -0.39 is 0 Å². The Labute approximate surface area is 148 Å². The second kappa shape index (κ2) is 8.31. The molecule has 5 nitrogen and oxygen atoms in total. The number of benzene rings is 1. The van der Waals surface area contributed by atoms with E-state index in [4.69, 9.17) is 10.2 Å². The van der Waals surface area contributed by atoms with E-state index in [1.54, 1.807) is 6.20 Å². The monoisotopic (exact) mass is 349 g/mol. The van der Waals surface area contributed by atoms with Gasteiger partial charge in [-0.1, -0.05) is 36.8 Å². The molecule has 1 amide bonds. The van der Waals surface area contributed by atoms with Gasteiger partial charge in [0, 0.05) is 18.0 Å². The summed E-state index contributed by atoms with van der Waals surface area (Å²) in [4.78, 5) is 16.5. The highest BCUT2D eigenvalue weighted by atomic mass is 35.5. The normalized spacial score (nSPS) is 21.1. The lowest BCUT2D eigenvalue weighted by molar-refractivity contribution is -0.122. The minimum absolute atomic E-state index is 0. The van der Waals surface area contributed by atoms with Crippen molar-refractivity contribution in [2.75, 3.05) is 0 Å². The van der Waals surface area contributed by atoms with Crippen LogP contribution >= 0.6 is 12.4 Å². The number of nitrogens with zero attached hydrogens (tertiary/aromatic N) is 1. The lowest BCUT2D eigenvalue weighted by Crippen LogP contribution is -2.33. The summed E-state index contributed by atoms with van der Waals surface area (Å²) >= 11 is 0. The van der Waals surface area contributed by atoms with Gasteiger partial charge in [-0.25, -0.2) is 4.98 Å². The molecule has 1 heterocycles. The second-order valence-corrected chi connectivity index (χ2v) is 6.28. The van der Waals surface area contributed by atoms with Crippen LogP contribution in [0.15, 0.2) is 40.9 Å². The number of nitrogens with one attached hydrogen (secondary N) is 1. The molecule has 0 saturated heterocycles. The number of rotatable bonds is 5. The van der Waals surface area contributed by atoms with Crippen LogP contribution in [0.3, 0.4) is 0 Å². The first-order chi connectivity index (χ1) is 11.1. The summed E-state index contributed by atoms with van der Waals surface area (Å²) in [7, 11) is 0. The minimum atomic E-state index is -0.252. The highest BCUT2D eigenvalue weighted by Gasteiger charge is 2.27. The van der Waals surface area contributed by atoms with Gasteiger partial charge in [-0.05, 0) is 25.7 Å². The molecule has 130 valence electrons. The van der Waals surface area contributed by atoms with Crippen molar-refractivity contribution in [2.45, 2.75) is 44.7 Å². The molecule has 0 radical (unpaired) electrons. The van der Waals surface area contributed by atoms with Crippen molar-refractivity contribution < 1.29 is 9.21 Å². The van der Waals surface area contributed by atoms with E-state index in [-0.39, 0.29) is 30.4 Å². The fourth-order valence-corrected chi connectivity index (χ4v) is 3.14. The fourth-order valence-electron chi connectivity index (χ4n) is 3.14. The number of nitrogens with two attached hydrogens (primary N) is 1. The molecular weight excluding hydrogens is 326 g/mol. The van der Waals surface area contributed by atoms with Crippen LogP contribution in [0.1, 0.15) is 44.5 Å². The van der Waals surface area contributed by atoms with Gasteiger partial charge in [-0.3, -0.25) is 4.79 Å². The molecule has 2 aromatic rings. The van der Waals surface area contributed by atoms with Crippen LogP contribution in [0.4, 0.5) is 0 Å². The molecule has 24 heavy (non-hydrogen) atoms. The van der Waals surface area contributed by atoms with E-state index >= 15 is 0 Å². The summed E-state index contributed by atoms with van der Waals surface area (Å²) in [5.41, 5.74) is 7.00. The topological polar surface area (TPSA) is 81.2 Å². The molecule has 1 aromatic heterocycles.